The fourth-order valence-electron chi connectivity index (χ4n) is 4.19. The zero-order valence-electron chi connectivity index (χ0n) is 18.0. The van der Waals surface area contributed by atoms with Crippen LogP contribution in [0.4, 0.5) is 5.69 Å². The van der Waals surface area contributed by atoms with Crippen LogP contribution in [0, 0.1) is 0 Å². The number of carbonyl (C=O) groups excluding carboxylic acids is 1. The molecule has 2 atom stereocenters. The van der Waals surface area contributed by atoms with Gasteiger partial charge in [0.15, 0.2) is 0 Å². The lowest BCUT2D eigenvalue weighted by Gasteiger charge is -2.60. The van der Waals surface area contributed by atoms with Gasteiger partial charge in [-0.15, -0.1) is 11.8 Å². The quantitative estimate of drug-likeness (QED) is 0.208. The van der Waals surface area contributed by atoms with Crippen molar-refractivity contribution in [1.82, 2.24) is 0 Å². The third-order valence-electron chi connectivity index (χ3n) is 5.94. The lowest BCUT2D eigenvalue weighted by atomic mass is 9.77. The molecular formula is C26H25Br2NO2S. The van der Waals surface area contributed by atoms with Crippen LogP contribution in [0.2, 0.25) is 0 Å². The smallest absolute Gasteiger partial charge is 0.248 e. The summed E-state index contributed by atoms with van der Waals surface area (Å²) >= 11 is 9.54. The van der Waals surface area contributed by atoms with E-state index in [0.29, 0.717) is 0 Å². The van der Waals surface area contributed by atoms with Crippen LogP contribution >= 0.6 is 43.6 Å². The molecule has 3 aromatic carbocycles. The van der Waals surface area contributed by atoms with E-state index in [2.05, 4.69) is 63.0 Å². The van der Waals surface area contributed by atoms with Crippen molar-refractivity contribution in [3.05, 3.63) is 96.1 Å². The highest BCUT2D eigenvalue weighted by Crippen LogP contribution is 2.64. The van der Waals surface area contributed by atoms with Gasteiger partial charge in [-0.3, -0.25) is 4.79 Å². The summed E-state index contributed by atoms with van der Waals surface area (Å²) in [5, 5.41) is 0. The molecular weight excluding hydrogens is 550 g/mol. The number of β-lactam (4-membered cyclic amide) rings is 1. The summed E-state index contributed by atoms with van der Waals surface area (Å²) in [6.45, 7) is 2.10. The molecule has 3 nitrogen and oxygen atoms in total. The van der Waals surface area contributed by atoms with Crippen molar-refractivity contribution >= 4 is 55.2 Å². The fraction of sp³-hybridized carbons (Fsp3) is 0.269. The molecule has 1 heterocycles. The molecule has 0 radical (unpaired) electrons. The molecule has 1 aliphatic rings. The van der Waals surface area contributed by atoms with E-state index in [1.54, 1.807) is 18.9 Å². The highest BCUT2D eigenvalue weighted by molar-refractivity contribution is 9.25. The van der Waals surface area contributed by atoms with Crippen molar-refractivity contribution in [2.75, 3.05) is 12.0 Å². The number of amides is 1. The molecule has 4 rings (SSSR count). The second kappa shape index (κ2) is 9.62. The Morgan fingerprint density at radius 1 is 0.969 bits per heavy atom. The van der Waals surface area contributed by atoms with Crippen molar-refractivity contribution in [3.63, 3.8) is 0 Å². The fourth-order valence-corrected chi connectivity index (χ4v) is 7.22. The molecule has 0 aliphatic carbocycles. The Hall–Kier alpha value is -1.76. The highest BCUT2D eigenvalue weighted by atomic mass is 79.9. The van der Waals surface area contributed by atoms with Gasteiger partial charge >= 0.3 is 0 Å². The van der Waals surface area contributed by atoms with Crippen molar-refractivity contribution in [2.45, 2.75) is 33.1 Å². The van der Waals surface area contributed by atoms with E-state index >= 15 is 0 Å². The third kappa shape index (κ3) is 4.02. The Kier molecular flexibility index (Phi) is 7.03. The molecule has 166 valence electrons. The van der Waals surface area contributed by atoms with E-state index in [1.807, 2.05) is 65.6 Å². The first-order chi connectivity index (χ1) is 15.4. The van der Waals surface area contributed by atoms with Gasteiger partial charge in [-0.2, -0.15) is 0 Å². The van der Waals surface area contributed by atoms with Gasteiger partial charge in [0, 0.05) is 11.4 Å². The average molecular weight is 575 g/mol. The SMILES string of the molecule is CCC(Br)(Br)C1(SCc2ccccc2)C(=O)N(c2ccc(OC)cc2)C1c1ccccc1. The van der Waals surface area contributed by atoms with E-state index in [-0.39, 0.29) is 11.9 Å². The Labute approximate surface area is 210 Å². The lowest BCUT2D eigenvalue weighted by molar-refractivity contribution is -0.128. The van der Waals surface area contributed by atoms with Crippen LogP contribution in [-0.4, -0.2) is 21.0 Å². The minimum Gasteiger partial charge on any atom is -0.497 e. The first-order valence-electron chi connectivity index (χ1n) is 10.5. The van der Waals surface area contributed by atoms with Crippen LogP contribution in [-0.2, 0) is 10.5 Å². The number of anilines is 1. The summed E-state index contributed by atoms with van der Waals surface area (Å²) in [4.78, 5) is 16.0. The average Bonchev–Trinajstić information content (AvgIpc) is 2.84. The van der Waals surface area contributed by atoms with E-state index in [9.17, 15) is 4.79 Å². The van der Waals surface area contributed by atoms with E-state index < -0.39 is 7.98 Å². The molecule has 1 fully saturated rings. The first kappa shape index (κ1) is 23.4. The lowest BCUT2D eigenvalue weighted by Crippen LogP contribution is -2.73. The van der Waals surface area contributed by atoms with Crippen LogP contribution in [0.15, 0.2) is 84.9 Å². The monoisotopic (exact) mass is 573 g/mol. The van der Waals surface area contributed by atoms with E-state index in [4.69, 9.17) is 4.74 Å². The summed E-state index contributed by atoms with van der Waals surface area (Å²) < 4.78 is 4.03. The summed E-state index contributed by atoms with van der Waals surface area (Å²) in [5.74, 6) is 1.60. The van der Waals surface area contributed by atoms with Gasteiger partial charge in [0.25, 0.3) is 0 Å². The van der Waals surface area contributed by atoms with Gasteiger partial charge in [0.1, 0.15) is 13.7 Å². The van der Waals surface area contributed by atoms with Crippen LogP contribution in [0.1, 0.15) is 30.5 Å². The van der Waals surface area contributed by atoms with Crippen LogP contribution in [0.3, 0.4) is 0 Å². The second-order valence-electron chi connectivity index (χ2n) is 7.75. The number of methoxy groups -OCH3 is 1. The number of nitrogens with zero attached hydrogens (tertiary/aromatic N) is 1. The summed E-state index contributed by atoms with van der Waals surface area (Å²) in [6.07, 6.45) is 0.750. The van der Waals surface area contributed by atoms with E-state index in [0.717, 1.165) is 29.2 Å². The summed E-state index contributed by atoms with van der Waals surface area (Å²) in [7, 11) is 1.65. The normalized spacial score (nSPS) is 20.7. The van der Waals surface area contributed by atoms with Gasteiger partial charge < -0.3 is 9.64 Å². The number of thioether (sulfide) groups is 1. The van der Waals surface area contributed by atoms with Crippen molar-refractivity contribution in [3.8, 4) is 5.75 Å². The van der Waals surface area contributed by atoms with Gasteiger partial charge in [-0.05, 0) is 41.8 Å². The molecule has 0 N–H and O–H groups in total. The number of hydrogen-bond acceptors (Lipinski definition) is 3. The molecule has 32 heavy (non-hydrogen) atoms. The molecule has 0 saturated carbocycles. The number of hydrogen-bond donors (Lipinski definition) is 0. The molecule has 3 aromatic rings. The maximum Gasteiger partial charge on any atom is 0.248 e. The molecule has 0 aromatic heterocycles. The van der Waals surface area contributed by atoms with Crippen LogP contribution < -0.4 is 9.64 Å². The summed E-state index contributed by atoms with van der Waals surface area (Å²) in [5.41, 5.74) is 3.18. The van der Waals surface area contributed by atoms with Crippen molar-refractivity contribution in [1.29, 1.82) is 0 Å². The van der Waals surface area contributed by atoms with Crippen LogP contribution in [0.25, 0.3) is 0 Å². The van der Waals surface area contributed by atoms with Crippen LogP contribution in [0.5, 0.6) is 5.75 Å². The number of alkyl halides is 2. The number of ether oxygens (including phenoxy) is 1. The molecule has 1 amide bonds. The highest BCUT2D eigenvalue weighted by Gasteiger charge is 2.70. The molecule has 0 bridgehead atoms. The number of benzene rings is 3. The topological polar surface area (TPSA) is 29.5 Å². The zero-order valence-corrected chi connectivity index (χ0v) is 22.0. The van der Waals surface area contributed by atoms with Gasteiger partial charge in [0.05, 0.1) is 13.2 Å². The van der Waals surface area contributed by atoms with Crippen molar-refractivity contribution < 1.29 is 9.53 Å². The maximum absolute atomic E-state index is 14.1. The Balaban J connectivity index is 1.80. The molecule has 1 saturated heterocycles. The zero-order chi connectivity index (χ0) is 22.8. The van der Waals surface area contributed by atoms with E-state index in [1.165, 1.54) is 5.56 Å². The molecule has 2 unspecified atom stereocenters. The summed E-state index contributed by atoms with van der Waals surface area (Å²) in [6, 6.07) is 28.2. The van der Waals surface area contributed by atoms with Gasteiger partial charge in [-0.25, -0.2) is 0 Å². The predicted molar refractivity (Wildman–Crippen MR) is 141 cm³/mol. The minimum atomic E-state index is -0.723. The molecule has 6 heteroatoms. The number of carbonyl (C=O) groups is 1. The van der Waals surface area contributed by atoms with Gasteiger partial charge in [0.2, 0.25) is 5.91 Å². The standard InChI is InChI=1S/C26H25Br2NO2S/c1-3-25(27,28)26(32-18-19-10-6-4-7-11-19)23(20-12-8-5-9-13-20)29(24(26)30)21-14-16-22(31-2)17-15-21/h4-17,23H,3,18H2,1-2H3. The van der Waals surface area contributed by atoms with Gasteiger partial charge in [-0.1, -0.05) is 99.4 Å². The Morgan fingerprint density at radius 3 is 2.12 bits per heavy atom. The Morgan fingerprint density at radius 2 is 1.56 bits per heavy atom. The first-order valence-corrected chi connectivity index (χ1v) is 13.1. The molecule has 1 aliphatic heterocycles. The van der Waals surface area contributed by atoms with Crippen molar-refractivity contribution in [2.24, 2.45) is 0 Å². The number of rotatable bonds is 8. The molecule has 0 spiro atoms. The predicted octanol–water partition coefficient (Wildman–Crippen LogP) is 7.35. The number of halogens is 2. The third-order valence-corrected chi connectivity index (χ3v) is 10.5. The largest absolute Gasteiger partial charge is 0.497 e. The Bertz CT molecular complexity index is 1060. The maximum atomic E-state index is 14.1. The minimum absolute atomic E-state index is 0.0908. The second-order valence-corrected chi connectivity index (χ2v) is 12.7.